The molecule has 1 N–H and O–H groups in total. The average molecular weight is 304 g/mol. The lowest BCUT2D eigenvalue weighted by Gasteiger charge is -2.21. The highest BCUT2D eigenvalue weighted by atomic mass is 15.1. The fourth-order valence-electron chi connectivity index (χ4n) is 2.81. The number of rotatable bonds is 2. The number of fused-ring (bicyclic) bond motifs is 1. The third kappa shape index (κ3) is 2.55. The number of para-hydroxylation sites is 1. The Morgan fingerprint density at radius 2 is 1.96 bits per heavy atom. The van der Waals surface area contributed by atoms with Crippen molar-refractivity contribution in [1.29, 1.82) is 5.26 Å². The smallest absolute Gasteiger partial charge is 0.141 e. The first kappa shape index (κ1) is 15.1. The zero-order valence-electron chi connectivity index (χ0n) is 13.9. The van der Waals surface area contributed by atoms with Gasteiger partial charge in [-0.15, -0.1) is 0 Å². The Morgan fingerprint density at radius 3 is 2.61 bits per heavy atom. The van der Waals surface area contributed by atoms with Crippen LogP contribution in [0.25, 0.3) is 22.2 Å². The maximum absolute atomic E-state index is 9.47. The molecule has 4 nitrogen and oxygen atoms in total. The summed E-state index contributed by atoms with van der Waals surface area (Å²) in [7, 11) is 1.90. The predicted octanol–water partition coefficient (Wildman–Crippen LogP) is 4.37. The molecule has 0 fully saturated rings. The van der Waals surface area contributed by atoms with E-state index in [4.69, 9.17) is 0 Å². The van der Waals surface area contributed by atoms with Gasteiger partial charge in [-0.3, -0.25) is 0 Å². The third-order valence-corrected chi connectivity index (χ3v) is 3.99. The molecule has 0 amide bonds. The molecule has 0 radical (unpaired) electrons. The fraction of sp³-hybridized carbons (Fsp3) is 0.263. The highest BCUT2D eigenvalue weighted by molar-refractivity contribution is 5.89. The van der Waals surface area contributed by atoms with Crippen molar-refractivity contribution in [3.8, 4) is 17.2 Å². The van der Waals surface area contributed by atoms with Gasteiger partial charge in [-0.2, -0.15) is 5.26 Å². The van der Waals surface area contributed by atoms with Crippen LogP contribution < -0.4 is 5.32 Å². The molecule has 116 valence electrons. The zero-order valence-corrected chi connectivity index (χ0v) is 13.9. The van der Waals surface area contributed by atoms with Crippen molar-refractivity contribution in [1.82, 2.24) is 9.55 Å². The van der Waals surface area contributed by atoms with E-state index in [0.29, 0.717) is 5.56 Å². The third-order valence-electron chi connectivity index (χ3n) is 3.99. The van der Waals surface area contributed by atoms with E-state index in [0.717, 1.165) is 27.8 Å². The van der Waals surface area contributed by atoms with E-state index in [2.05, 4.69) is 53.8 Å². The van der Waals surface area contributed by atoms with Crippen LogP contribution >= 0.6 is 0 Å². The Labute approximate surface area is 136 Å². The summed E-state index contributed by atoms with van der Waals surface area (Å²) in [6, 6.07) is 12.4. The molecule has 0 aliphatic carbocycles. The number of nitriles is 1. The summed E-state index contributed by atoms with van der Waals surface area (Å²) in [6.07, 6.45) is 3.77. The van der Waals surface area contributed by atoms with Crippen LogP contribution in [0, 0.1) is 11.3 Å². The highest BCUT2D eigenvalue weighted by Crippen LogP contribution is 2.32. The molecule has 2 aromatic heterocycles. The minimum Gasteiger partial charge on any atom is -0.388 e. The van der Waals surface area contributed by atoms with E-state index in [1.807, 2.05) is 37.6 Å². The molecule has 2 heterocycles. The topological polar surface area (TPSA) is 53.6 Å². The summed E-state index contributed by atoms with van der Waals surface area (Å²) in [5, 5.41) is 13.6. The number of aromatic nitrogens is 2. The first-order valence-corrected chi connectivity index (χ1v) is 7.64. The molecule has 0 unspecified atom stereocenters. The van der Waals surface area contributed by atoms with Gasteiger partial charge in [0.1, 0.15) is 11.7 Å². The lowest BCUT2D eigenvalue weighted by molar-refractivity contribution is 0.408. The predicted molar refractivity (Wildman–Crippen MR) is 94.4 cm³/mol. The number of hydrogen-bond donors (Lipinski definition) is 1. The van der Waals surface area contributed by atoms with Gasteiger partial charge >= 0.3 is 0 Å². The Balaban J connectivity index is 2.26. The van der Waals surface area contributed by atoms with Crippen LogP contribution in [0.4, 0.5) is 5.69 Å². The quantitative estimate of drug-likeness (QED) is 0.764. The summed E-state index contributed by atoms with van der Waals surface area (Å²) in [6.45, 7) is 6.33. The van der Waals surface area contributed by atoms with Crippen LogP contribution in [-0.2, 0) is 5.54 Å². The summed E-state index contributed by atoms with van der Waals surface area (Å²) in [4.78, 5) is 4.65. The van der Waals surface area contributed by atoms with Crippen molar-refractivity contribution >= 4 is 16.7 Å². The number of hydrogen-bond acceptors (Lipinski definition) is 3. The van der Waals surface area contributed by atoms with Gasteiger partial charge in [-0.1, -0.05) is 18.2 Å². The number of anilines is 1. The van der Waals surface area contributed by atoms with Crippen molar-refractivity contribution in [3.63, 3.8) is 0 Å². The summed E-state index contributed by atoms with van der Waals surface area (Å²) in [5.41, 5.74) is 4.51. The number of nitrogens with one attached hydrogen (secondary N) is 1. The molecule has 0 bridgehead atoms. The molecule has 3 aromatic rings. The van der Waals surface area contributed by atoms with Crippen LogP contribution in [0.1, 0.15) is 26.3 Å². The van der Waals surface area contributed by atoms with Crippen molar-refractivity contribution in [3.05, 3.63) is 48.3 Å². The molecule has 3 rings (SSSR count). The molecule has 4 heteroatoms. The Morgan fingerprint density at radius 1 is 1.22 bits per heavy atom. The van der Waals surface area contributed by atoms with E-state index in [9.17, 15) is 5.26 Å². The normalized spacial score (nSPS) is 11.4. The van der Waals surface area contributed by atoms with Gasteiger partial charge in [0.15, 0.2) is 0 Å². The SMILES string of the molecule is CNc1ccccc1-c1cnc2c(c1)c(C#N)cn2C(C)(C)C. The van der Waals surface area contributed by atoms with Gasteiger partial charge in [-0.25, -0.2) is 4.98 Å². The Kier molecular flexibility index (Phi) is 3.57. The molecule has 1 aromatic carbocycles. The minimum absolute atomic E-state index is 0.120. The van der Waals surface area contributed by atoms with Crippen LogP contribution in [0.5, 0.6) is 0 Å². The molecule has 0 spiro atoms. The first-order chi connectivity index (χ1) is 11.0. The van der Waals surface area contributed by atoms with Crippen molar-refractivity contribution in [2.24, 2.45) is 0 Å². The second-order valence-corrected chi connectivity index (χ2v) is 6.59. The lowest BCUT2D eigenvalue weighted by Crippen LogP contribution is -2.20. The van der Waals surface area contributed by atoms with Gasteiger partial charge in [0.25, 0.3) is 0 Å². The molecule has 0 saturated carbocycles. The highest BCUT2D eigenvalue weighted by Gasteiger charge is 2.20. The van der Waals surface area contributed by atoms with Crippen LogP contribution in [-0.4, -0.2) is 16.6 Å². The van der Waals surface area contributed by atoms with Crippen molar-refractivity contribution < 1.29 is 0 Å². The maximum atomic E-state index is 9.47. The van der Waals surface area contributed by atoms with Crippen molar-refractivity contribution in [2.45, 2.75) is 26.3 Å². The summed E-state index contributed by atoms with van der Waals surface area (Å²) in [5.74, 6) is 0. The largest absolute Gasteiger partial charge is 0.388 e. The zero-order chi connectivity index (χ0) is 16.6. The second-order valence-electron chi connectivity index (χ2n) is 6.59. The second kappa shape index (κ2) is 5.44. The lowest BCUT2D eigenvalue weighted by atomic mass is 10.0. The van der Waals surface area contributed by atoms with Crippen LogP contribution in [0.2, 0.25) is 0 Å². The summed E-state index contributed by atoms with van der Waals surface area (Å²) < 4.78 is 2.06. The standard InChI is InChI=1S/C19H20N4/c1-19(2,3)23-12-14(10-20)16-9-13(11-22-18(16)23)15-7-5-6-8-17(15)21-4/h5-9,11-12,21H,1-4H3. The number of benzene rings is 1. The maximum Gasteiger partial charge on any atom is 0.141 e. The van der Waals surface area contributed by atoms with E-state index < -0.39 is 0 Å². The monoisotopic (exact) mass is 304 g/mol. The van der Waals surface area contributed by atoms with E-state index >= 15 is 0 Å². The van der Waals surface area contributed by atoms with E-state index in [1.165, 1.54) is 0 Å². The fourth-order valence-corrected chi connectivity index (χ4v) is 2.81. The number of pyridine rings is 1. The Bertz CT molecular complexity index is 907. The van der Waals surface area contributed by atoms with Gasteiger partial charge in [0.2, 0.25) is 0 Å². The van der Waals surface area contributed by atoms with Crippen LogP contribution in [0.15, 0.2) is 42.7 Å². The van der Waals surface area contributed by atoms with Gasteiger partial charge < -0.3 is 9.88 Å². The molecule has 0 atom stereocenters. The summed E-state index contributed by atoms with van der Waals surface area (Å²) >= 11 is 0. The molecule has 0 aliphatic rings. The van der Waals surface area contributed by atoms with Gasteiger partial charge in [-0.05, 0) is 32.9 Å². The Hall–Kier alpha value is -2.80. The molecular weight excluding hydrogens is 284 g/mol. The van der Waals surface area contributed by atoms with E-state index in [-0.39, 0.29) is 5.54 Å². The number of nitrogens with zero attached hydrogens (tertiary/aromatic N) is 3. The minimum atomic E-state index is -0.120. The molecule has 0 aliphatic heterocycles. The van der Waals surface area contributed by atoms with Gasteiger partial charge in [0, 0.05) is 47.2 Å². The molecular formula is C19H20N4. The first-order valence-electron chi connectivity index (χ1n) is 7.64. The molecule has 23 heavy (non-hydrogen) atoms. The van der Waals surface area contributed by atoms with Crippen molar-refractivity contribution in [2.75, 3.05) is 12.4 Å². The van der Waals surface area contributed by atoms with Gasteiger partial charge in [0.05, 0.1) is 5.56 Å². The van der Waals surface area contributed by atoms with Crippen LogP contribution in [0.3, 0.4) is 0 Å². The average Bonchev–Trinajstić information content (AvgIpc) is 2.92. The van der Waals surface area contributed by atoms with E-state index in [1.54, 1.807) is 0 Å². The molecule has 0 saturated heterocycles.